The first-order valence-electron chi connectivity index (χ1n) is 6.93. The summed E-state index contributed by atoms with van der Waals surface area (Å²) in [5.74, 6) is -0.175. The molecule has 19 heavy (non-hydrogen) atoms. The zero-order chi connectivity index (χ0) is 13.8. The van der Waals surface area contributed by atoms with Gasteiger partial charge in [0.2, 0.25) is 0 Å². The van der Waals surface area contributed by atoms with Crippen molar-refractivity contribution in [2.24, 2.45) is 0 Å². The van der Waals surface area contributed by atoms with E-state index in [0.29, 0.717) is 0 Å². The third-order valence-electron chi connectivity index (χ3n) is 3.82. The largest absolute Gasteiger partial charge is 0.374 e. The Morgan fingerprint density at radius 1 is 1.47 bits per heavy atom. The lowest BCUT2D eigenvalue weighted by atomic mass is 9.94. The van der Waals surface area contributed by atoms with Crippen molar-refractivity contribution in [1.82, 2.24) is 10.2 Å². The minimum atomic E-state index is -0.175. The highest BCUT2D eigenvalue weighted by Gasteiger charge is 2.33. The van der Waals surface area contributed by atoms with Crippen molar-refractivity contribution in [2.75, 3.05) is 33.3 Å². The van der Waals surface area contributed by atoms with Crippen LogP contribution in [0.3, 0.4) is 0 Å². The van der Waals surface area contributed by atoms with Gasteiger partial charge in [-0.05, 0) is 43.8 Å². The second-order valence-corrected chi connectivity index (χ2v) is 5.04. The van der Waals surface area contributed by atoms with Gasteiger partial charge in [0.15, 0.2) is 0 Å². The summed E-state index contributed by atoms with van der Waals surface area (Å²) in [7, 11) is 1.93. The van der Waals surface area contributed by atoms with Gasteiger partial charge in [-0.25, -0.2) is 4.39 Å². The maximum absolute atomic E-state index is 13.3. The topological polar surface area (TPSA) is 24.5 Å². The molecule has 0 bridgehead atoms. The van der Waals surface area contributed by atoms with Gasteiger partial charge in [0.1, 0.15) is 5.82 Å². The Labute approximate surface area is 114 Å². The molecule has 1 saturated heterocycles. The molecule has 1 heterocycles. The molecule has 0 aliphatic carbocycles. The summed E-state index contributed by atoms with van der Waals surface area (Å²) in [5.41, 5.74) is 2.17. The molecule has 0 saturated carbocycles. The second kappa shape index (κ2) is 6.46. The number of nitrogens with zero attached hydrogens (tertiary/aromatic N) is 1. The van der Waals surface area contributed by atoms with Crippen LogP contribution in [0.25, 0.3) is 0 Å². The first-order chi connectivity index (χ1) is 9.17. The second-order valence-electron chi connectivity index (χ2n) is 5.04. The number of morpholine rings is 1. The molecule has 0 amide bonds. The average Bonchev–Trinajstić information content (AvgIpc) is 2.39. The van der Waals surface area contributed by atoms with E-state index in [9.17, 15) is 4.39 Å². The first-order valence-corrected chi connectivity index (χ1v) is 6.93. The highest BCUT2D eigenvalue weighted by atomic mass is 19.1. The Balaban J connectivity index is 2.33. The van der Waals surface area contributed by atoms with Gasteiger partial charge in [-0.1, -0.05) is 13.0 Å². The molecule has 4 heteroatoms. The molecule has 1 aliphatic heterocycles. The van der Waals surface area contributed by atoms with Gasteiger partial charge in [-0.2, -0.15) is 0 Å². The van der Waals surface area contributed by atoms with Crippen molar-refractivity contribution in [3.63, 3.8) is 0 Å². The number of hydrogen-bond donors (Lipinski definition) is 1. The molecule has 1 N–H and O–H groups in total. The molecule has 1 aliphatic rings. The third-order valence-corrected chi connectivity index (χ3v) is 3.82. The molecule has 2 atom stereocenters. The summed E-state index contributed by atoms with van der Waals surface area (Å²) in [5, 5.41) is 3.19. The van der Waals surface area contributed by atoms with Crippen LogP contribution in [0.2, 0.25) is 0 Å². The van der Waals surface area contributed by atoms with Gasteiger partial charge < -0.3 is 10.1 Å². The lowest BCUT2D eigenvalue weighted by Crippen LogP contribution is -2.48. The minimum absolute atomic E-state index is 0.114. The summed E-state index contributed by atoms with van der Waals surface area (Å²) < 4.78 is 19.2. The Morgan fingerprint density at radius 3 is 2.89 bits per heavy atom. The van der Waals surface area contributed by atoms with Gasteiger partial charge in [0, 0.05) is 13.1 Å². The summed E-state index contributed by atoms with van der Waals surface area (Å²) >= 11 is 0. The number of benzene rings is 1. The van der Waals surface area contributed by atoms with Crippen LogP contribution in [-0.4, -0.2) is 44.3 Å². The lowest BCUT2D eigenvalue weighted by molar-refractivity contribution is -0.0688. The van der Waals surface area contributed by atoms with Crippen LogP contribution in [0.5, 0.6) is 0 Å². The maximum atomic E-state index is 13.3. The van der Waals surface area contributed by atoms with Gasteiger partial charge in [0.25, 0.3) is 0 Å². The van der Waals surface area contributed by atoms with E-state index >= 15 is 0 Å². The Hall–Kier alpha value is -0.970. The van der Waals surface area contributed by atoms with Gasteiger partial charge in [0.05, 0.1) is 18.8 Å². The molecule has 106 valence electrons. The summed E-state index contributed by atoms with van der Waals surface area (Å²) in [6.07, 6.45) is 0.114. The zero-order valence-corrected chi connectivity index (χ0v) is 11.9. The Morgan fingerprint density at radius 2 is 2.26 bits per heavy atom. The highest BCUT2D eigenvalue weighted by Crippen LogP contribution is 2.31. The molecule has 2 rings (SSSR count). The van der Waals surface area contributed by atoms with Crippen molar-refractivity contribution >= 4 is 0 Å². The molecule has 2 unspecified atom stereocenters. The average molecular weight is 266 g/mol. The molecular formula is C15H23FN2O. The number of aryl methyl sites for hydroxylation is 1. The van der Waals surface area contributed by atoms with E-state index in [1.807, 2.05) is 20.0 Å². The summed E-state index contributed by atoms with van der Waals surface area (Å²) in [6, 6.07) is 5.25. The molecule has 3 nitrogen and oxygen atoms in total. The fourth-order valence-corrected chi connectivity index (χ4v) is 2.88. The van der Waals surface area contributed by atoms with E-state index in [4.69, 9.17) is 4.74 Å². The van der Waals surface area contributed by atoms with E-state index in [1.54, 1.807) is 12.1 Å². The van der Waals surface area contributed by atoms with Crippen molar-refractivity contribution in [1.29, 1.82) is 0 Å². The van der Waals surface area contributed by atoms with Crippen LogP contribution >= 0.6 is 0 Å². The first kappa shape index (κ1) is 14.4. The van der Waals surface area contributed by atoms with Crippen molar-refractivity contribution in [2.45, 2.75) is 26.0 Å². The maximum Gasteiger partial charge on any atom is 0.123 e. The molecule has 0 spiro atoms. The van der Waals surface area contributed by atoms with Crippen molar-refractivity contribution in [3.8, 4) is 0 Å². The monoisotopic (exact) mass is 266 g/mol. The number of ether oxygens (including phenoxy) is 1. The van der Waals surface area contributed by atoms with E-state index in [2.05, 4.69) is 17.1 Å². The van der Waals surface area contributed by atoms with Gasteiger partial charge in [-0.3, -0.25) is 4.90 Å². The summed E-state index contributed by atoms with van der Waals surface area (Å²) in [4.78, 5) is 2.41. The zero-order valence-electron chi connectivity index (χ0n) is 11.9. The number of rotatable bonds is 4. The minimum Gasteiger partial charge on any atom is -0.374 e. The highest BCUT2D eigenvalue weighted by molar-refractivity contribution is 5.31. The third kappa shape index (κ3) is 3.14. The molecule has 1 aromatic carbocycles. The van der Waals surface area contributed by atoms with Gasteiger partial charge in [-0.15, -0.1) is 0 Å². The summed E-state index contributed by atoms with van der Waals surface area (Å²) in [6.45, 7) is 7.60. The number of halogens is 1. The van der Waals surface area contributed by atoms with Crippen LogP contribution < -0.4 is 5.32 Å². The van der Waals surface area contributed by atoms with Gasteiger partial charge >= 0.3 is 0 Å². The molecular weight excluding hydrogens is 243 g/mol. The number of hydrogen-bond acceptors (Lipinski definition) is 3. The number of nitrogens with one attached hydrogen (secondary N) is 1. The van der Waals surface area contributed by atoms with Crippen LogP contribution in [0.15, 0.2) is 18.2 Å². The predicted molar refractivity (Wildman–Crippen MR) is 74.8 cm³/mol. The van der Waals surface area contributed by atoms with Crippen molar-refractivity contribution < 1.29 is 9.13 Å². The van der Waals surface area contributed by atoms with E-state index in [-0.39, 0.29) is 18.0 Å². The van der Waals surface area contributed by atoms with E-state index < -0.39 is 0 Å². The van der Waals surface area contributed by atoms with Crippen LogP contribution in [0.4, 0.5) is 4.39 Å². The molecule has 0 radical (unpaired) electrons. The fraction of sp³-hybridized carbons (Fsp3) is 0.600. The van der Waals surface area contributed by atoms with Crippen LogP contribution in [-0.2, 0) is 4.74 Å². The Bertz CT molecular complexity index is 423. The van der Waals surface area contributed by atoms with Crippen LogP contribution in [0.1, 0.15) is 24.1 Å². The normalized spacial score (nSPS) is 24.6. The standard InChI is InChI=1S/C15H23FN2O/c1-4-18-7-8-19-14(10-17-3)15(18)13-6-5-12(16)9-11(13)2/h5-6,9,14-15,17H,4,7-8,10H2,1-3H3. The molecule has 1 fully saturated rings. The van der Waals surface area contributed by atoms with Crippen molar-refractivity contribution in [3.05, 3.63) is 35.1 Å². The van der Waals surface area contributed by atoms with E-state index in [1.165, 1.54) is 5.56 Å². The Kier molecular flexibility index (Phi) is 4.91. The molecule has 0 aromatic heterocycles. The van der Waals surface area contributed by atoms with E-state index in [0.717, 1.165) is 31.8 Å². The SMILES string of the molecule is CCN1CCOC(CNC)C1c1ccc(F)cc1C. The lowest BCUT2D eigenvalue weighted by Gasteiger charge is -2.41. The van der Waals surface area contributed by atoms with Crippen LogP contribution in [0, 0.1) is 12.7 Å². The molecule has 1 aromatic rings. The number of likely N-dealkylation sites (N-methyl/N-ethyl adjacent to an activating group) is 2. The predicted octanol–water partition coefficient (Wildman–Crippen LogP) is 2.12. The fourth-order valence-electron chi connectivity index (χ4n) is 2.88. The smallest absolute Gasteiger partial charge is 0.123 e. The quantitative estimate of drug-likeness (QED) is 0.903.